The largest absolute Gasteiger partial charge is 0.493 e. The molecule has 0 aromatic heterocycles. The molecule has 228 valence electrons. The van der Waals surface area contributed by atoms with Gasteiger partial charge in [0.05, 0.1) is 27.4 Å². The number of ether oxygens (including phenoxy) is 7. The molecule has 9 atom stereocenters. The zero-order valence-corrected chi connectivity index (χ0v) is 23.0. The molecule has 2 aromatic rings. The molecule has 4 aliphatic rings. The van der Waals surface area contributed by atoms with Gasteiger partial charge in [0, 0.05) is 29.2 Å². The van der Waals surface area contributed by atoms with Crippen LogP contribution in [0.3, 0.4) is 0 Å². The van der Waals surface area contributed by atoms with Crippen LogP contribution < -0.4 is 23.7 Å². The van der Waals surface area contributed by atoms with Crippen molar-refractivity contribution < 1.29 is 63.8 Å². The van der Waals surface area contributed by atoms with E-state index < -0.39 is 61.2 Å². The molecule has 2 aromatic carbocycles. The highest BCUT2D eigenvalue weighted by atomic mass is 16.7. The molecular formula is C29H34O13. The van der Waals surface area contributed by atoms with Gasteiger partial charge in [-0.2, -0.15) is 0 Å². The Bertz CT molecular complexity index is 1360. The normalized spacial score (nSPS) is 34.5. The van der Waals surface area contributed by atoms with Gasteiger partial charge in [0.15, 0.2) is 29.5 Å². The van der Waals surface area contributed by atoms with E-state index in [4.69, 9.17) is 33.2 Å². The van der Waals surface area contributed by atoms with Crippen molar-refractivity contribution >= 4 is 0 Å². The molecule has 0 aliphatic carbocycles. The monoisotopic (exact) mass is 590 g/mol. The third-order valence-electron chi connectivity index (χ3n) is 8.41. The molecule has 6 rings (SSSR count). The molecule has 1 saturated heterocycles. The van der Waals surface area contributed by atoms with Crippen LogP contribution in [-0.4, -0.2) is 108 Å². The van der Waals surface area contributed by atoms with Crippen LogP contribution in [0.2, 0.25) is 0 Å². The summed E-state index contributed by atoms with van der Waals surface area (Å²) in [6.07, 6.45) is -9.56. The molecule has 6 N–H and O–H groups in total. The Hall–Kier alpha value is -3.14. The Morgan fingerprint density at radius 3 is 2.45 bits per heavy atom. The fourth-order valence-electron chi connectivity index (χ4n) is 5.97. The summed E-state index contributed by atoms with van der Waals surface area (Å²) in [4.78, 5) is 0. The number of hydrogen-bond donors (Lipinski definition) is 6. The molecule has 4 heterocycles. The highest BCUT2D eigenvalue weighted by molar-refractivity contribution is 5.60. The fraction of sp³-hybridized carbons (Fsp3) is 0.517. The van der Waals surface area contributed by atoms with Gasteiger partial charge in [-0.1, -0.05) is 6.58 Å². The van der Waals surface area contributed by atoms with Gasteiger partial charge in [-0.15, -0.1) is 0 Å². The van der Waals surface area contributed by atoms with E-state index in [9.17, 15) is 30.6 Å². The predicted molar refractivity (Wildman–Crippen MR) is 142 cm³/mol. The highest BCUT2D eigenvalue weighted by Gasteiger charge is 2.56. The van der Waals surface area contributed by atoms with E-state index in [1.165, 1.54) is 14.2 Å². The van der Waals surface area contributed by atoms with E-state index in [1.54, 1.807) is 24.3 Å². The van der Waals surface area contributed by atoms with Crippen molar-refractivity contribution in [2.45, 2.75) is 61.0 Å². The molecule has 13 heteroatoms. The summed E-state index contributed by atoms with van der Waals surface area (Å²) in [6, 6.07) is 6.50. The van der Waals surface area contributed by atoms with Crippen LogP contribution in [0.4, 0.5) is 0 Å². The van der Waals surface area contributed by atoms with Gasteiger partial charge in [-0.3, -0.25) is 0 Å². The molecule has 0 saturated carbocycles. The topological polar surface area (TPSA) is 186 Å². The third kappa shape index (κ3) is 4.39. The first-order valence-electron chi connectivity index (χ1n) is 13.5. The van der Waals surface area contributed by atoms with E-state index in [0.29, 0.717) is 57.4 Å². The van der Waals surface area contributed by atoms with Crippen LogP contribution in [-0.2, 0) is 21.5 Å². The van der Waals surface area contributed by atoms with Crippen molar-refractivity contribution in [1.82, 2.24) is 0 Å². The average Bonchev–Trinajstić information content (AvgIpc) is 3.45. The smallest absolute Gasteiger partial charge is 0.187 e. The molecule has 13 nitrogen and oxygen atoms in total. The molecule has 0 bridgehead atoms. The van der Waals surface area contributed by atoms with Crippen molar-refractivity contribution in [3.8, 4) is 28.7 Å². The lowest BCUT2D eigenvalue weighted by Gasteiger charge is -2.47. The van der Waals surface area contributed by atoms with Gasteiger partial charge in [0.1, 0.15) is 60.5 Å². The fourth-order valence-corrected chi connectivity index (χ4v) is 5.97. The van der Waals surface area contributed by atoms with E-state index in [0.717, 1.165) is 0 Å². The molecule has 1 fully saturated rings. The molecule has 42 heavy (non-hydrogen) atoms. The first-order chi connectivity index (χ1) is 20.1. The zero-order valence-electron chi connectivity index (χ0n) is 23.0. The van der Waals surface area contributed by atoms with Crippen LogP contribution in [0.15, 0.2) is 36.4 Å². The van der Waals surface area contributed by atoms with Crippen LogP contribution >= 0.6 is 0 Å². The summed E-state index contributed by atoms with van der Waals surface area (Å²) >= 11 is 0. The maximum atomic E-state index is 11.9. The maximum Gasteiger partial charge on any atom is 0.187 e. The molecule has 0 amide bonds. The molecule has 0 spiro atoms. The van der Waals surface area contributed by atoms with Gasteiger partial charge < -0.3 is 63.8 Å². The van der Waals surface area contributed by atoms with Gasteiger partial charge in [-0.25, -0.2) is 0 Å². The van der Waals surface area contributed by atoms with Crippen LogP contribution in [0.25, 0.3) is 0 Å². The first-order valence-corrected chi connectivity index (χ1v) is 13.5. The third-order valence-corrected chi connectivity index (χ3v) is 8.41. The Kier molecular flexibility index (Phi) is 7.48. The first kappa shape index (κ1) is 29.0. The number of aliphatic hydroxyl groups is 6. The molecule has 4 aliphatic heterocycles. The summed E-state index contributed by atoms with van der Waals surface area (Å²) < 4.78 is 40.1. The molecule has 0 radical (unpaired) electrons. The molecular weight excluding hydrogens is 556 g/mol. The van der Waals surface area contributed by atoms with Crippen molar-refractivity contribution in [2.75, 3.05) is 34.0 Å². The van der Waals surface area contributed by atoms with Crippen LogP contribution in [0.1, 0.15) is 22.8 Å². The summed E-state index contributed by atoms with van der Waals surface area (Å²) in [7, 11) is 2.96. The highest BCUT2D eigenvalue weighted by Crippen LogP contribution is 2.55. The SMILES string of the molecule is C=C(CO[C@@H]1O[C@H](CO)[C@@H](O)[C@H](O)[C@H]1O)[C@@H]1Cc2c(ccc3c2O[C@H]2COc4cc(OC)c(OC)cc4[C@]2(O)[C@H]3O)O1. The number of hydrogen-bond acceptors (Lipinski definition) is 13. The standard InChI is InChI=1S/C29H34O13/c1-12(10-39-28-25(33)24(32)23(31)21(9-30)41-28)17-6-14-16(40-17)5-4-13-26(14)42-22-11-38-18-8-20(37-3)19(36-2)7-15(18)29(22,35)27(13)34/h4-5,7-8,17,21-25,27-28,30-35H,1,6,9-11H2,2-3H3/t17-,21+,22-,23+,24-,25+,27-,28+,29+/m0/s1. The number of rotatable bonds is 7. The van der Waals surface area contributed by atoms with Crippen LogP contribution in [0, 0.1) is 0 Å². The Morgan fingerprint density at radius 2 is 1.74 bits per heavy atom. The van der Waals surface area contributed by atoms with E-state index in [1.807, 2.05) is 0 Å². The quantitative estimate of drug-likeness (QED) is 0.226. The summed E-state index contributed by atoms with van der Waals surface area (Å²) in [5.74, 6) is 2.02. The van der Waals surface area contributed by atoms with Gasteiger partial charge >= 0.3 is 0 Å². The van der Waals surface area contributed by atoms with Gasteiger partial charge in [-0.05, 0) is 23.8 Å². The minimum atomic E-state index is -1.84. The van der Waals surface area contributed by atoms with Crippen molar-refractivity contribution in [2.24, 2.45) is 0 Å². The van der Waals surface area contributed by atoms with Crippen molar-refractivity contribution in [3.63, 3.8) is 0 Å². The average molecular weight is 591 g/mol. The zero-order chi connectivity index (χ0) is 29.9. The Morgan fingerprint density at radius 1 is 1.00 bits per heavy atom. The van der Waals surface area contributed by atoms with Gasteiger partial charge in [0.2, 0.25) is 0 Å². The summed E-state index contributed by atoms with van der Waals surface area (Å²) in [5, 5.41) is 63.1. The Labute approximate surface area is 241 Å². The predicted octanol–water partition coefficient (Wildman–Crippen LogP) is -0.545. The second-order valence-electron chi connectivity index (χ2n) is 10.8. The number of benzene rings is 2. The number of methoxy groups -OCH3 is 2. The summed E-state index contributed by atoms with van der Waals surface area (Å²) in [5.41, 5.74) is 0.00713. The molecule has 0 unspecified atom stereocenters. The van der Waals surface area contributed by atoms with E-state index >= 15 is 0 Å². The lowest BCUT2D eigenvalue weighted by Crippen LogP contribution is -2.59. The number of aliphatic hydroxyl groups excluding tert-OH is 5. The lowest BCUT2D eigenvalue weighted by molar-refractivity contribution is -0.299. The maximum absolute atomic E-state index is 11.9. The van der Waals surface area contributed by atoms with Crippen molar-refractivity contribution in [1.29, 1.82) is 0 Å². The second-order valence-corrected chi connectivity index (χ2v) is 10.8. The van der Waals surface area contributed by atoms with E-state index in [-0.39, 0.29) is 13.2 Å². The minimum Gasteiger partial charge on any atom is -0.493 e. The van der Waals surface area contributed by atoms with E-state index in [2.05, 4.69) is 6.58 Å². The number of fused-ring (bicyclic) bond motifs is 6. The summed E-state index contributed by atoms with van der Waals surface area (Å²) in [6.45, 7) is 3.31. The van der Waals surface area contributed by atoms with Crippen LogP contribution in [0.5, 0.6) is 28.7 Å². The van der Waals surface area contributed by atoms with Gasteiger partial charge in [0.25, 0.3) is 0 Å². The minimum absolute atomic E-state index is 0.0386. The van der Waals surface area contributed by atoms with Crippen molar-refractivity contribution in [3.05, 3.63) is 53.1 Å². The lowest BCUT2D eigenvalue weighted by atomic mass is 9.76. The Balaban J connectivity index is 1.20. The second kappa shape index (κ2) is 10.8.